The Morgan fingerprint density at radius 3 is 2.84 bits per heavy atom. The number of aryl methyl sites for hydroxylation is 1. The van der Waals surface area contributed by atoms with E-state index < -0.39 is 0 Å². The molecular formula is C13H11N3OS2. The third-order valence-corrected chi connectivity index (χ3v) is 4.69. The van der Waals surface area contributed by atoms with Gasteiger partial charge in [0.25, 0.3) is 5.91 Å². The Hall–Kier alpha value is -1.92. The van der Waals surface area contributed by atoms with Crippen LogP contribution in [-0.2, 0) is 7.05 Å². The number of carbonyl (C=O) groups is 1. The maximum absolute atomic E-state index is 11.8. The van der Waals surface area contributed by atoms with Crippen LogP contribution >= 0.6 is 22.7 Å². The van der Waals surface area contributed by atoms with Gasteiger partial charge in [-0.05, 0) is 23.6 Å². The number of rotatable bonds is 2. The van der Waals surface area contributed by atoms with Gasteiger partial charge in [0, 0.05) is 7.05 Å². The number of fused-ring (bicyclic) bond motifs is 1. The number of hydrogen-bond acceptors (Lipinski definition) is 4. The summed E-state index contributed by atoms with van der Waals surface area (Å²) in [7, 11) is 1.94. The highest BCUT2D eigenvalue weighted by Crippen LogP contribution is 2.15. The molecule has 1 amide bonds. The lowest BCUT2D eigenvalue weighted by molar-refractivity contribution is 0.0957. The van der Waals surface area contributed by atoms with Gasteiger partial charge in [0.05, 0.1) is 15.1 Å². The molecule has 0 aliphatic rings. The van der Waals surface area contributed by atoms with Crippen molar-refractivity contribution in [1.29, 1.82) is 0 Å². The molecule has 6 heteroatoms. The second-order valence-electron chi connectivity index (χ2n) is 3.94. The summed E-state index contributed by atoms with van der Waals surface area (Å²) < 4.78 is 3.11. The number of hydrogen-bond donors (Lipinski definition) is 1. The topological polar surface area (TPSA) is 46.4 Å². The molecule has 0 bridgehead atoms. The molecule has 0 unspecified atom stereocenters. The van der Waals surface area contributed by atoms with Crippen molar-refractivity contribution in [2.24, 2.45) is 12.1 Å². The Bertz CT molecular complexity index is 784. The van der Waals surface area contributed by atoms with Crippen molar-refractivity contribution in [3.8, 4) is 0 Å². The fourth-order valence-corrected chi connectivity index (χ4v) is 3.34. The van der Waals surface area contributed by atoms with Crippen LogP contribution < -0.4 is 10.2 Å². The molecule has 1 N–H and O–H groups in total. The Morgan fingerprint density at radius 2 is 2.11 bits per heavy atom. The van der Waals surface area contributed by atoms with Crippen LogP contribution in [0.15, 0.2) is 46.9 Å². The number of nitrogens with one attached hydrogen (secondary N) is 1. The standard InChI is InChI=1S/C13H11N3OS2/c1-16-9-5-2-3-6-10(9)19-13(16)15-14-12(17)11-7-4-8-18-11/h2-8H,1H3,(H,14,17)/b15-13-. The summed E-state index contributed by atoms with van der Waals surface area (Å²) in [6, 6.07) is 11.7. The number of aromatic nitrogens is 1. The molecule has 0 spiro atoms. The van der Waals surface area contributed by atoms with Gasteiger partial charge in [-0.25, -0.2) is 5.43 Å². The zero-order valence-corrected chi connectivity index (χ0v) is 11.8. The third kappa shape index (κ3) is 2.32. The Morgan fingerprint density at radius 1 is 1.26 bits per heavy atom. The molecule has 0 saturated carbocycles. The van der Waals surface area contributed by atoms with Crippen LogP contribution in [-0.4, -0.2) is 10.5 Å². The first-order valence-corrected chi connectivity index (χ1v) is 7.37. The molecule has 19 heavy (non-hydrogen) atoms. The number of nitrogens with zero attached hydrogens (tertiary/aromatic N) is 2. The number of benzene rings is 1. The highest BCUT2D eigenvalue weighted by Gasteiger charge is 2.05. The molecule has 0 fully saturated rings. The summed E-state index contributed by atoms with van der Waals surface area (Å²) in [5.41, 5.74) is 3.70. The molecule has 0 aliphatic heterocycles. The SMILES string of the molecule is Cn1/c(=N/NC(=O)c2cccs2)sc2ccccc21. The van der Waals surface area contributed by atoms with Gasteiger partial charge in [-0.15, -0.1) is 16.4 Å². The summed E-state index contributed by atoms with van der Waals surface area (Å²) in [5.74, 6) is -0.174. The highest BCUT2D eigenvalue weighted by molar-refractivity contribution is 7.16. The molecule has 0 aliphatic carbocycles. The van der Waals surface area contributed by atoms with Crippen LogP contribution in [0.5, 0.6) is 0 Å². The predicted molar refractivity (Wildman–Crippen MR) is 78.1 cm³/mol. The van der Waals surface area contributed by atoms with Gasteiger partial charge in [-0.2, -0.15) is 0 Å². The lowest BCUT2D eigenvalue weighted by Gasteiger charge is -1.96. The molecule has 3 rings (SSSR count). The van der Waals surface area contributed by atoms with Crippen LogP contribution in [0.2, 0.25) is 0 Å². The van der Waals surface area contributed by atoms with Crippen LogP contribution in [0.25, 0.3) is 10.2 Å². The monoisotopic (exact) mass is 289 g/mol. The van der Waals surface area contributed by atoms with E-state index in [4.69, 9.17) is 0 Å². The lowest BCUT2D eigenvalue weighted by atomic mass is 10.3. The summed E-state index contributed by atoms with van der Waals surface area (Å²) in [6.45, 7) is 0. The summed E-state index contributed by atoms with van der Waals surface area (Å²) in [6.07, 6.45) is 0. The first-order chi connectivity index (χ1) is 9.25. The third-order valence-electron chi connectivity index (χ3n) is 2.71. The van der Waals surface area contributed by atoms with Crippen molar-refractivity contribution in [2.45, 2.75) is 0 Å². The van der Waals surface area contributed by atoms with E-state index in [1.807, 2.05) is 47.3 Å². The average Bonchev–Trinajstić information content (AvgIpc) is 3.05. The van der Waals surface area contributed by atoms with Gasteiger partial charge in [-0.1, -0.05) is 29.5 Å². The number of amides is 1. The van der Waals surface area contributed by atoms with Crippen LogP contribution in [0, 0.1) is 0 Å². The van der Waals surface area contributed by atoms with E-state index in [2.05, 4.69) is 10.5 Å². The normalized spacial score (nSPS) is 11.9. The van der Waals surface area contributed by atoms with Crippen LogP contribution in [0.3, 0.4) is 0 Å². The van der Waals surface area contributed by atoms with Crippen LogP contribution in [0.4, 0.5) is 0 Å². The lowest BCUT2D eigenvalue weighted by Crippen LogP contribution is -2.22. The zero-order chi connectivity index (χ0) is 13.2. The number of thiazole rings is 1. The molecule has 0 atom stereocenters. The van der Waals surface area contributed by atoms with E-state index in [-0.39, 0.29) is 5.91 Å². The van der Waals surface area contributed by atoms with Gasteiger partial charge in [0.1, 0.15) is 0 Å². The molecule has 1 aromatic carbocycles. The van der Waals surface area contributed by atoms with Gasteiger partial charge < -0.3 is 4.57 Å². The number of thiophene rings is 1. The first-order valence-electron chi connectivity index (χ1n) is 5.68. The smallest absolute Gasteiger partial charge is 0.281 e. The maximum atomic E-state index is 11.8. The van der Waals surface area contributed by atoms with E-state index in [1.165, 1.54) is 11.3 Å². The van der Waals surface area contributed by atoms with E-state index in [0.717, 1.165) is 15.0 Å². The molecular weight excluding hydrogens is 278 g/mol. The quantitative estimate of drug-likeness (QED) is 0.724. The summed E-state index contributed by atoms with van der Waals surface area (Å²) in [4.78, 5) is 13.2. The predicted octanol–water partition coefficient (Wildman–Crippen LogP) is 2.55. The molecule has 2 heterocycles. The average molecular weight is 289 g/mol. The molecule has 96 valence electrons. The number of carbonyl (C=O) groups excluding carboxylic acids is 1. The van der Waals surface area contributed by atoms with Crippen molar-refractivity contribution in [3.05, 3.63) is 51.5 Å². The molecule has 4 nitrogen and oxygen atoms in total. The first kappa shape index (κ1) is 12.1. The van der Waals surface area contributed by atoms with Gasteiger partial charge in [0.15, 0.2) is 0 Å². The minimum atomic E-state index is -0.174. The Labute approximate surface area is 117 Å². The number of para-hydroxylation sites is 1. The van der Waals surface area contributed by atoms with Crippen molar-refractivity contribution < 1.29 is 4.79 Å². The Balaban J connectivity index is 1.94. The molecule has 0 saturated heterocycles. The molecule has 2 aromatic heterocycles. The highest BCUT2D eigenvalue weighted by atomic mass is 32.1. The fourth-order valence-electron chi connectivity index (χ4n) is 1.75. The zero-order valence-electron chi connectivity index (χ0n) is 10.2. The van der Waals surface area contributed by atoms with Crippen molar-refractivity contribution in [1.82, 2.24) is 9.99 Å². The van der Waals surface area contributed by atoms with E-state index in [0.29, 0.717) is 4.88 Å². The van der Waals surface area contributed by atoms with Crippen molar-refractivity contribution >= 4 is 38.8 Å². The van der Waals surface area contributed by atoms with E-state index >= 15 is 0 Å². The van der Waals surface area contributed by atoms with Crippen molar-refractivity contribution in [3.63, 3.8) is 0 Å². The summed E-state index contributed by atoms with van der Waals surface area (Å²) in [5, 5.41) is 6.06. The molecule has 3 aromatic rings. The van der Waals surface area contributed by atoms with E-state index in [9.17, 15) is 4.79 Å². The minimum absolute atomic E-state index is 0.174. The maximum Gasteiger partial charge on any atom is 0.281 e. The molecule has 0 radical (unpaired) electrons. The minimum Gasteiger partial charge on any atom is -0.318 e. The van der Waals surface area contributed by atoms with E-state index in [1.54, 1.807) is 17.4 Å². The van der Waals surface area contributed by atoms with Gasteiger partial charge >= 0.3 is 0 Å². The second-order valence-corrected chi connectivity index (χ2v) is 5.90. The largest absolute Gasteiger partial charge is 0.318 e. The second kappa shape index (κ2) is 4.99. The van der Waals surface area contributed by atoms with Gasteiger partial charge in [0.2, 0.25) is 4.80 Å². The van der Waals surface area contributed by atoms with Crippen molar-refractivity contribution in [2.75, 3.05) is 0 Å². The fraction of sp³-hybridized carbons (Fsp3) is 0.0769. The Kier molecular flexibility index (Phi) is 3.18. The summed E-state index contributed by atoms with van der Waals surface area (Å²) >= 11 is 2.95. The van der Waals surface area contributed by atoms with Crippen LogP contribution in [0.1, 0.15) is 9.67 Å². The van der Waals surface area contributed by atoms with Gasteiger partial charge in [-0.3, -0.25) is 4.79 Å².